The molecule has 0 spiro atoms. The molecule has 2 aromatic rings. The van der Waals surface area contributed by atoms with Gasteiger partial charge in [-0.25, -0.2) is 13.4 Å². The Bertz CT molecular complexity index is 1330. The van der Waals surface area contributed by atoms with E-state index in [1.165, 1.54) is 17.3 Å². The highest BCUT2D eigenvalue weighted by Gasteiger charge is 2.26. The number of hydrogen-bond acceptors (Lipinski definition) is 6. The van der Waals surface area contributed by atoms with Crippen LogP contribution in [-0.4, -0.2) is 48.4 Å². The highest BCUT2D eigenvalue weighted by atomic mass is 32.2. The third kappa shape index (κ3) is 7.12. The third-order valence-corrected chi connectivity index (χ3v) is 9.71. The zero-order valence-electron chi connectivity index (χ0n) is 22.6. The molecule has 2 aliphatic rings. The number of aromatic amines is 1. The van der Waals surface area contributed by atoms with Gasteiger partial charge in [-0.15, -0.1) is 0 Å². The number of aromatic nitrogens is 2. The van der Waals surface area contributed by atoms with E-state index in [2.05, 4.69) is 52.7 Å². The molecule has 9 heteroatoms. The van der Waals surface area contributed by atoms with Crippen LogP contribution in [0.15, 0.2) is 30.5 Å². The van der Waals surface area contributed by atoms with Crippen molar-refractivity contribution in [3.8, 4) is 6.07 Å². The molecular formula is C29H39N5O3S. The number of rotatable bonds is 9. The molecule has 8 nitrogen and oxygen atoms in total. The average molecular weight is 538 g/mol. The lowest BCUT2D eigenvalue weighted by molar-refractivity contribution is 0.101. The van der Waals surface area contributed by atoms with Gasteiger partial charge in [0.15, 0.2) is 21.4 Å². The zero-order chi connectivity index (χ0) is 27.3. The third-order valence-electron chi connectivity index (χ3n) is 8.00. The number of benzene rings is 1. The summed E-state index contributed by atoms with van der Waals surface area (Å²) in [6.07, 6.45) is 10.9. The summed E-state index contributed by atoms with van der Waals surface area (Å²) in [5.74, 6) is 0.569. The topological polar surface area (TPSA) is 128 Å². The van der Waals surface area contributed by atoms with E-state index in [1.54, 1.807) is 6.92 Å². The Morgan fingerprint density at radius 2 is 2.00 bits per heavy atom. The fourth-order valence-corrected chi connectivity index (χ4v) is 6.10. The van der Waals surface area contributed by atoms with Crippen LogP contribution in [0.25, 0.3) is 5.57 Å². The average Bonchev–Trinajstić information content (AvgIpc) is 3.39. The number of allylic oxidation sites excluding steroid dienone is 2. The van der Waals surface area contributed by atoms with Gasteiger partial charge in [-0.3, -0.25) is 4.79 Å². The molecule has 1 aromatic carbocycles. The number of carbonyl (C=O) groups excluding carboxylic acids is 1. The van der Waals surface area contributed by atoms with E-state index in [-0.39, 0.29) is 34.3 Å². The molecule has 0 atom stereocenters. The van der Waals surface area contributed by atoms with Crippen molar-refractivity contribution < 1.29 is 13.2 Å². The van der Waals surface area contributed by atoms with E-state index >= 15 is 0 Å². The minimum atomic E-state index is -2.95. The van der Waals surface area contributed by atoms with Gasteiger partial charge in [0.25, 0.3) is 5.91 Å². The van der Waals surface area contributed by atoms with Crippen LogP contribution in [0.1, 0.15) is 99.1 Å². The first kappa shape index (κ1) is 28.1. The van der Waals surface area contributed by atoms with Crippen molar-refractivity contribution in [3.05, 3.63) is 53.1 Å². The second-order valence-corrected chi connectivity index (χ2v) is 13.8. The molecule has 2 aliphatic carbocycles. The summed E-state index contributed by atoms with van der Waals surface area (Å²) in [7, 11) is -2.95. The Hall–Kier alpha value is -2.96. The lowest BCUT2D eigenvalue weighted by Gasteiger charge is -2.31. The highest BCUT2D eigenvalue weighted by molar-refractivity contribution is 7.91. The smallest absolute Gasteiger partial charge is 0.291 e. The molecule has 3 N–H and O–H groups in total. The molecular weight excluding hydrogens is 498 g/mol. The lowest BCUT2D eigenvalue weighted by atomic mass is 9.76. The number of hydrogen-bond donors (Lipinski definition) is 3. The van der Waals surface area contributed by atoms with Crippen molar-refractivity contribution in [1.82, 2.24) is 15.3 Å². The van der Waals surface area contributed by atoms with Crippen LogP contribution >= 0.6 is 0 Å². The number of amides is 1. The standard InChI is InChI=1S/C29H39N5O3S/c1-4-38(36,37)16-15-31-23-8-5-20(6-9-23)22-7-10-26(34-28(35)27-32-19-24(18-30)33-27)25(17-22)21-11-13-29(2,3)14-12-21/h7,10-11,17,19-20,23,31H,4-6,8-9,12-16H2,1-3H3,(H,32,33)(H,34,35). The fourth-order valence-electron chi connectivity index (χ4n) is 5.38. The Morgan fingerprint density at radius 1 is 1.24 bits per heavy atom. The van der Waals surface area contributed by atoms with Crippen molar-refractivity contribution in [3.63, 3.8) is 0 Å². The van der Waals surface area contributed by atoms with Gasteiger partial charge in [0, 0.05) is 35.8 Å². The van der Waals surface area contributed by atoms with E-state index in [9.17, 15) is 13.2 Å². The summed E-state index contributed by atoms with van der Waals surface area (Å²) in [4.78, 5) is 19.7. The summed E-state index contributed by atoms with van der Waals surface area (Å²) in [5.41, 5.74) is 4.80. The number of nitriles is 1. The molecule has 1 aromatic heterocycles. The van der Waals surface area contributed by atoms with Crippen molar-refractivity contribution >= 4 is 27.0 Å². The summed E-state index contributed by atoms with van der Waals surface area (Å²) >= 11 is 0. The Labute approximate surface area is 226 Å². The zero-order valence-corrected chi connectivity index (χ0v) is 23.5. The molecule has 0 bridgehead atoms. The molecule has 1 amide bonds. The number of nitrogens with zero attached hydrogens (tertiary/aromatic N) is 2. The minimum absolute atomic E-state index is 0.118. The van der Waals surface area contributed by atoms with Crippen LogP contribution in [0, 0.1) is 16.7 Å². The molecule has 0 saturated heterocycles. The van der Waals surface area contributed by atoms with Crippen LogP contribution in [-0.2, 0) is 9.84 Å². The van der Waals surface area contributed by atoms with Gasteiger partial charge < -0.3 is 15.6 Å². The Kier molecular flexibility index (Phi) is 8.74. The van der Waals surface area contributed by atoms with Gasteiger partial charge in [0.1, 0.15) is 6.07 Å². The summed E-state index contributed by atoms with van der Waals surface area (Å²) in [5, 5.41) is 15.5. The van der Waals surface area contributed by atoms with Crippen molar-refractivity contribution in [2.75, 3.05) is 23.4 Å². The summed E-state index contributed by atoms with van der Waals surface area (Å²) < 4.78 is 23.6. The second-order valence-electron chi connectivity index (χ2n) is 11.3. The maximum atomic E-state index is 12.9. The van der Waals surface area contributed by atoms with E-state index in [4.69, 9.17) is 5.26 Å². The first-order valence-electron chi connectivity index (χ1n) is 13.6. The molecule has 1 fully saturated rings. The van der Waals surface area contributed by atoms with Crippen molar-refractivity contribution in [2.24, 2.45) is 5.41 Å². The van der Waals surface area contributed by atoms with Gasteiger partial charge in [-0.05, 0) is 79.5 Å². The van der Waals surface area contributed by atoms with Crippen LogP contribution in [0.3, 0.4) is 0 Å². The normalized spacial score (nSPS) is 21.4. The molecule has 38 heavy (non-hydrogen) atoms. The maximum absolute atomic E-state index is 12.9. The van der Waals surface area contributed by atoms with Crippen LogP contribution in [0.4, 0.5) is 5.69 Å². The van der Waals surface area contributed by atoms with Crippen LogP contribution in [0.2, 0.25) is 0 Å². The Morgan fingerprint density at radius 3 is 2.63 bits per heavy atom. The lowest BCUT2D eigenvalue weighted by Crippen LogP contribution is -2.36. The molecule has 1 saturated carbocycles. The number of anilines is 1. The van der Waals surface area contributed by atoms with Crippen LogP contribution < -0.4 is 10.6 Å². The van der Waals surface area contributed by atoms with Gasteiger partial charge in [0.05, 0.1) is 5.75 Å². The molecule has 4 rings (SSSR count). The van der Waals surface area contributed by atoms with E-state index in [0.717, 1.165) is 56.2 Å². The van der Waals surface area contributed by atoms with Gasteiger partial charge in [-0.2, -0.15) is 5.26 Å². The number of carbonyl (C=O) groups is 1. The molecule has 204 valence electrons. The number of nitrogens with one attached hydrogen (secondary N) is 3. The monoisotopic (exact) mass is 537 g/mol. The van der Waals surface area contributed by atoms with Gasteiger partial charge >= 0.3 is 0 Å². The van der Waals surface area contributed by atoms with E-state index in [0.29, 0.717) is 18.5 Å². The van der Waals surface area contributed by atoms with Gasteiger partial charge in [-0.1, -0.05) is 32.9 Å². The summed E-state index contributed by atoms with van der Waals surface area (Å²) in [6, 6.07) is 8.65. The number of sulfone groups is 1. The molecule has 0 aliphatic heterocycles. The SMILES string of the molecule is CCS(=O)(=O)CCNC1CCC(c2ccc(NC(=O)c3nc(C#N)c[nH]3)c(C3=CCC(C)(C)CC3)c2)CC1. The number of imidazole rings is 1. The molecule has 0 unspecified atom stereocenters. The van der Waals surface area contributed by atoms with Crippen molar-refractivity contribution in [1.29, 1.82) is 5.26 Å². The number of H-pyrrole nitrogens is 1. The quantitative estimate of drug-likeness (QED) is 0.404. The second kappa shape index (κ2) is 11.8. The van der Waals surface area contributed by atoms with Crippen molar-refractivity contribution in [2.45, 2.75) is 77.7 Å². The van der Waals surface area contributed by atoms with E-state index < -0.39 is 9.84 Å². The maximum Gasteiger partial charge on any atom is 0.291 e. The first-order chi connectivity index (χ1) is 18.1. The largest absolute Gasteiger partial charge is 0.339 e. The minimum Gasteiger partial charge on any atom is -0.339 e. The van der Waals surface area contributed by atoms with Gasteiger partial charge in [0.2, 0.25) is 0 Å². The molecule has 0 radical (unpaired) electrons. The van der Waals surface area contributed by atoms with E-state index in [1.807, 2.05) is 12.1 Å². The fraction of sp³-hybridized carbons (Fsp3) is 0.552. The predicted octanol–water partition coefficient (Wildman–Crippen LogP) is 5.18. The molecule has 1 heterocycles. The Balaban J connectivity index is 1.48. The first-order valence-corrected chi connectivity index (χ1v) is 15.5. The van der Waals surface area contributed by atoms with Crippen LogP contribution in [0.5, 0.6) is 0 Å². The highest BCUT2D eigenvalue weighted by Crippen LogP contribution is 2.42. The predicted molar refractivity (Wildman–Crippen MR) is 151 cm³/mol. The summed E-state index contributed by atoms with van der Waals surface area (Å²) in [6.45, 7) is 6.78.